The number of ether oxygens (including phenoxy) is 1. The molecule has 1 aromatic rings. The van der Waals surface area contributed by atoms with Gasteiger partial charge in [0.2, 0.25) is 5.91 Å². The topological polar surface area (TPSA) is 53.6 Å². The Morgan fingerprint density at radius 2 is 2.26 bits per heavy atom. The number of hydrogen-bond donors (Lipinski definition) is 2. The van der Waals surface area contributed by atoms with Crippen molar-refractivity contribution in [2.75, 3.05) is 39.2 Å². The third-order valence-corrected chi connectivity index (χ3v) is 3.00. The molecule has 1 fully saturated rings. The summed E-state index contributed by atoms with van der Waals surface area (Å²) >= 11 is 0. The zero-order valence-corrected chi connectivity index (χ0v) is 11.5. The van der Waals surface area contributed by atoms with E-state index in [9.17, 15) is 4.79 Å². The van der Waals surface area contributed by atoms with Gasteiger partial charge in [-0.15, -0.1) is 0 Å². The summed E-state index contributed by atoms with van der Waals surface area (Å²) in [5.41, 5.74) is 1.98. The predicted molar refractivity (Wildman–Crippen MR) is 75.1 cm³/mol. The van der Waals surface area contributed by atoms with Crippen LogP contribution in [0.4, 0.5) is 5.69 Å². The molecule has 0 radical (unpaired) electrons. The van der Waals surface area contributed by atoms with Gasteiger partial charge in [-0.05, 0) is 25.7 Å². The molecule has 19 heavy (non-hydrogen) atoms. The highest BCUT2D eigenvalue weighted by Crippen LogP contribution is 2.16. The molecule has 5 nitrogen and oxygen atoms in total. The summed E-state index contributed by atoms with van der Waals surface area (Å²) < 4.78 is 5.30. The van der Waals surface area contributed by atoms with Crippen LogP contribution < -0.4 is 10.6 Å². The summed E-state index contributed by atoms with van der Waals surface area (Å²) in [5, 5.41) is 6.13. The van der Waals surface area contributed by atoms with Crippen molar-refractivity contribution < 1.29 is 9.53 Å². The van der Waals surface area contributed by atoms with E-state index >= 15 is 0 Å². The Bertz CT molecular complexity index is 428. The van der Waals surface area contributed by atoms with Gasteiger partial charge < -0.3 is 20.3 Å². The van der Waals surface area contributed by atoms with Crippen LogP contribution in [0, 0.1) is 0 Å². The van der Waals surface area contributed by atoms with Crippen LogP contribution in [0.2, 0.25) is 0 Å². The lowest BCUT2D eigenvalue weighted by atomic mass is 10.1. The first kappa shape index (κ1) is 14.0. The molecule has 5 heteroatoms. The largest absolute Gasteiger partial charge is 0.378 e. The molecule has 104 valence electrons. The SMILES string of the molecule is CN(C)Cc1ccccc1NC(=O)C1COCCN1. The Morgan fingerprint density at radius 3 is 2.95 bits per heavy atom. The van der Waals surface area contributed by atoms with Crippen molar-refractivity contribution in [1.82, 2.24) is 10.2 Å². The van der Waals surface area contributed by atoms with Crippen LogP contribution >= 0.6 is 0 Å². The van der Waals surface area contributed by atoms with E-state index < -0.39 is 0 Å². The second-order valence-electron chi connectivity index (χ2n) is 4.97. The van der Waals surface area contributed by atoms with Crippen molar-refractivity contribution in [3.8, 4) is 0 Å². The van der Waals surface area contributed by atoms with Gasteiger partial charge in [0.25, 0.3) is 0 Å². The molecule has 0 spiro atoms. The number of benzene rings is 1. The van der Waals surface area contributed by atoms with Crippen LogP contribution in [0.3, 0.4) is 0 Å². The number of amides is 1. The summed E-state index contributed by atoms with van der Waals surface area (Å²) in [6, 6.07) is 7.61. The van der Waals surface area contributed by atoms with Gasteiger partial charge in [0.15, 0.2) is 0 Å². The Labute approximate surface area is 113 Å². The zero-order valence-electron chi connectivity index (χ0n) is 11.5. The fourth-order valence-electron chi connectivity index (χ4n) is 2.07. The molecule has 1 heterocycles. The molecule has 1 saturated heterocycles. The van der Waals surface area contributed by atoms with Crippen molar-refractivity contribution in [1.29, 1.82) is 0 Å². The highest BCUT2D eigenvalue weighted by molar-refractivity contribution is 5.95. The maximum absolute atomic E-state index is 12.1. The van der Waals surface area contributed by atoms with Gasteiger partial charge in [0.05, 0.1) is 13.2 Å². The Hall–Kier alpha value is -1.43. The van der Waals surface area contributed by atoms with E-state index in [1.807, 2.05) is 38.4 Å². The van der Waals surface area contributed by atoms with Gasteiger partial charge in [0.1, 0.15) is 6.04 Å². The normalized spacial score (nSPS) is 19.4. The Morgan fingerprint density at radius 1 is 1.47 bits per heavy atom. The molecule has 1 aliphatic rings. The molecular weight excluding hydrogens is 242 g/mol. The first-order valence-corrected chi connectivity index (χ1v) is 6.51. The van der Waals surface area contributed by atoms with Crippen LogP contribution in [0.5, 0.6) is 0 Å². The lowest BCUT2D eigenvalue weighted by Gasteiger charge is -2.23. The summed E-state index contributed by atoms with van der Waals surface area (Å²) in [6.07, 6.45) is 0. The fourth-order valence-corrected chi connectivity index (χ4v) is 2.07. The quantitative estimate of drug-likeness (QED) is 0.838. The van der Waals surface area contributed by atoms with Crippen molar-refractivity contribution >= 4 is 11.6 Å². The minimum atomic E-state index is -0.263. The Kier molecular flexibility index (Phi) is 4.90. The molecule has 1 amide bonds. The van der Waals surface area contributed by atoms with E-state index in [-0.39, 0.29) is 11.9 Å². The standard InChI is InChI=1S/C14H21N3O2/c1-17(2)9-11-5-3-4-6-12(11)16-14(18)13-10-19-8-7-15-13/h3-6,13,15H,7-10H2,1-2H3,(H,16,18). The van der Waals surface area contributed by atoms with Gasteiger partial charge in [0, 0.05) is 18.8 Å². The maximum atomic E-state index is 12.1. The molecule has 1 aromatic carbocycles. The second-order valence-corrected chi connectivity index (χ2v) is 4.97. The van der Waals surface area contributed by atoms with Crippen molar-refractivity contribution in [2.24, 2.45) is 0 Å². The first-order chi connectivity index (χ1) is 9.16. The number of rotatable bonds is 4. The molecule has 2 N–H and O–H groups in total. The lowest BCUT2D eigenvalue weighted by Crippen LogP contribution is -2.48. The van der Waals surface area contributed by atoms with E-state index in [2.05, 4.69) is 15.5 Å². The monoisotopic (exact) mass is 263 g/mol. The molecule has 1 aliphatic heterocycles. The highest BCUT2D eigenvalue weighted by Gasteiger charge is 2.21. The average molecular weight is 263 g/mol. The van der Waals surface area contributed by atoms with Crippen molar-refractivity contribution in [2.45, 2.75) is 12.6 Å². The van der Waals surface area contributed by atoms with Gasteiger partial charge in [-0.1, -0.05) is 18.2 Å². The van der Waals surface area contributed by atoms with E-state index in [1.165, 1.54) is 0 Å². The van der Waals surface area contributed by atoms with Crippen molar-refractivity contribution in [3.05, 3.63) is 29.8 Å². The summed E-state index contributed by atoms with van der Waals surface area (Å²) in [4.78, 5) is 14.2. The number of para-hydroxylation sites is 1. The second kappa shape index (κ2) is 6.65. The molecule has 0 aromatic heterocycles. The summed E-state index contributed by atoms with van der Waals surface area (Å²) in [7, 11) is 4.02. The minimum absolute atomic E-state index is 0.0362. The third-order valence-electron chi connectivity index (χ3n) is 3.00. The van der Waals surface area contributed by atoms with Gasteiger partial charge in [-0.2, -0.15) is 0 Å². The first-order valence-electron chi connectivity index (χ1n) is 6.51. The minimum Gasteiger partial charge on any atom is -0.378 e. The number of carbonyl (C=O) groups is 1. The van der Waals surface area contributed by atoms with Gasteiger partial charge in [-0.25, -0.2) is 0 Å². The maximum Gasteiger partial charge on any atom is 0.243 e. The van der Waals surface area contributed by atoms with Crippen LogP contribution in [0.25, 0.3) is 0 Å². The van der Waals surface area contributed by atoms with E-state index in [4.69, 9.17) is 4.74 Å². The number of morpholine rings is 1. The average Bonchev–Trinajstić information content (AvgIpc) is 2.41. The summed E-state index contributed by atoms with van der Waals surface area (Å²) in [5.74, 6) is -0.0362. The molecule has 0 saturated carbocycles. The number of hydrogen-bond acceptors (Lipinski definition) is 4. The lowest BCUT2D eigenvalue weighted by molar-refractivity contribution is -0.120. The molecular formula is C14H21N3O2. The van der Waals surface area contributed by atoms with Gasteiger partial charge in [-0.3, -0.25) is 4.79 Å². The van der Waals surface area contributed by atoms with Crippen LogP contribution in [-0.4, -0.2) is 50.7 Å². The van der Waals surface area contributed by atoms with Crippen LogP contribution in [0.15, 0.2) is 24.3 Å². The number of carbonyl (C=O) groups excluding carboxylic acids is 1. The van der Waals surface area contributed by atoms with E-state index in [0.29, 0.717) is 13.2 Å². The number of anilines is 1. The molecule has 1 atom stereocenters. The third kappa shape index (κ3) is 4.02. The van der Waals surface area contributed by atoms with E-state index in [0.717, 1.165) is 24.3 Å². The molecule has 0 aliphatic carbocycles. The number of nitrogens with zero attached hydrogens (tertiary/aromatic N) is 1. The van der Waals surface area contributed by atoms with Crippen molar-refractivity contribution in [3.63, 3.8) is 0 Å². The zero-order chi connectivity index (χ0) is 13.7. The highest BCUT2D eigenvalue weighted by atomic mass is 16.5. The van der Waals surface area contributed by atoms with Crippen LogP contribution in [-0.2, 0) is 16.1 Å². The molecule has 0 bridgehead atoms. The smallest absolute Gasteiger partial charge is 0.243 e. The van der Waals surface area contributed by atoms with E-state index in [1.54, 1.807) is 0 Å². The predicted octanol–water partition coefficient (Wildman–Crippen LogP) is 0.675. The molecule has 2 rings (SSSR count). The Balaban J connectivity index is 2.03. The fraction of sp³-hybridized carbons (Fsp3) is 0.500. The van der Waals surface area contributed by atoms with Gasteiger partial charge >= 0.3 is 0 Å². The number of nitrogens with one attached hydrogen (secondary N) is 2. The van der Waals surface area contributed by atoms with Crippen LogP contribution in [0.1, 0.15) is 5.56 Å². The summed E-state index contributed by atoms with van der Waals surface area (Å²) in [6.45, 7) is 2.62. The molecule has 1 unspecified atom stereocenters.